The number of hydrogen-bond acceptors (Lipinski definition) is 2. The molecule has 5 nitrogen and oxygen atoms in total. The number of hydrogen-bond donors (Lipinski definition) is 2. The first-order valence-electron chi connectivity index (χ1n) is 7.42. The zero-order chi connectivity index (χ0) is 15.4. The summed E-state index contributed by atoms with van der Waals surface area (Å²) in [5, 5.41) is 12.2. The van der Waals surface area contributed by atoms with Gasteiger partial charge in [0.15, 0.2) is 0 Å². The van der Waals surface area contributed by atoms with Gasteiger partial charge in [-0.1, -0.05) is 19.8 Å². The number of carbonyl (C=O) groups excluding carboxylic acids is 1. The molecular weight excluding hydrogens is 336 g/mol. The van der Waals surface area contributed by atoms with Gasteiger partial charge in [-0.2, -0.15) is 0 Å². The summed E-state index contributed by atoms with van der Waals surface area (Å²) in [4.78, 5) is 23.7. The Morgan fingerprint density at radius 2 is 2.14 bits per heavy atom. The molecule has 1 amide bonds. The average molecular weight is 357 g/mol. The second kappa shape index (κ2) is 7.11. The van der Waals surface area contributed by atoms with E-state index in [-0.39, 0.29) is 11.9 Å². The molecule has 2 N–H and O–H groups in total. The summed E-state index contributed by atoms with van der Waals surface area (Å²) in [7, 11) is 0. The van der Waals surface area contributed by atoms with E-state index in [9.17, 15) is 14.7 Å². The molecule has 2 atom stereocenters. The van der Waals surface area contributed by atoms with Crippen LogP contribution in [0.15, 0.2) is 16.7 Å². The Balaban J connectivity index is 2.11. The van der Waals surface area contributed by atoms with Crippen LogP contribution in [0.4, 0.5) is 0 Å². The summed E-state index contributed by atoms with van der Waals surface area (Å²) in [5.74, 6) is -1.47. The molecule has 2 rings (SSSR count). The van der Waals surface area contributed by atoms with Gasteiger partial charge in [-0.05, 0) is 41.3 Å². The van der Waals surface area contributed by atoms with Crippen LogP contribution in [0.2, 0.25) is 0 Å². The Morgan fingerprint density at radius 3 is 2.81 bits per heavy atom. The van der Waals surface area contributed by atoms with Gasteiger partial charge in [-0.3, -0.25) is 9.59 Å². The minimum Gasteiger partial charge on any atom is -0.481 e. The Morgan fingerprint density at radius 1 is 1.43 bits per heavy atom. The third-order valence-corrected chi connectivity index (χ3v) is 4.39. The maximum Gasteiger partial charge on any atom is 0.308 e. The van der Waals surface area contributed by atoms with Crippen molar-refractivity contribution in [3.63, 3.8) is 0 Å². The van der Waals surface area contributed by atoms with Crippen LogP contribution >= 0.6 is 15.9 Å². The lowest BCUT2D eigenvalue weighted by molar-refractivity contribution is -0.143. The molecule has 1 aliphatic rings. The summed E-state index contributed by atoms with van der Waals surface area (Å²) in [6.45, 7) is 2.82. The molecule has 0 spiro atoms. The predicted molar refractivity (Wildman–Crippen MR) is 83.3 cm³/mol. The summed E-state index contributed by atoms with van der Waals surface area (Å²) in [5.41, 5.74) is 0.582. The molecule has 0 radical (unpaired) electrons. The predicted octanol–water partition coefficient (Wildman–Crippen LogP) is 3.03. The lowest BCUT2D eigenvalue weighted by Gasteiger charge is -2.29. The second-order valence-electron chi connectivity index (χ2n) is 5.55. The van der Waals surface area contributed by atoms with Crippen molar-refractivity contribution in [2.75, 3.05) is 0 Å². The number of amides is 1. The van der Waals surface area contributed by atoms with Crippen molar-refractivity contribution in [1.82, 2.24) is 9.88 Å². The van der Waals surface area contributed by atoms with Crippen molar-refractivity contribution in [1.29, 1.82) is 0 Å². The van der Waals surface area contributed by atoms with Crippen molar-refractivity contribution in [2.24, 2.45) is 5.92 Å². The summed E-state index contributed by atoms with van der Waals surface area (Å²) >= 11 is 3.39. The van der Waals surface area contributed by atoms with Gasteiger partial charge in [0.2, 0.25) is 0 Å². The van der Waals surface area contributed by atoms with Crippen LogP contribution in [-0.2, 0) is 11.3 Å². The Hall–Kier alpha value is -1.30. The molecular formula is C15H21BrN2O3. The molecule has 1 aliphatic carbocycles. The summed E-state index contributed by atoms with van der Waals surface area (Å²) < 4.78 is 2.76. The highest BCUT2D eigenvalue weighted by molar-refractivity contribution is 9.10. The van der Waals surface area contributed by atoms with Crippen molar-refractivity contribution in [3.8, 4) is 0 Å². The highest BCUT2D eigenvalue weighted by Gasteiger charge is 2.32. The van der Waals surface area contributed by atoms with E-state index in [0.29, 0.717) is 12.1 Å². The molecule has 1 saturated carbocycles. The molecule has 2 unspecified atom stereocenters. The van der Waals surface area contributed by atoms with Crippen molar-refractivity contribution in [2.45, 2.75) is 51.6 Å². The fraction of sp³-hybridized carbons (Fsp3) is 0.600. The second-order valence-corrected chi connectivity index (χ2v) is 6.46. The normalized spacial score (nSPS) is 22.0. The van der Waals surface area contributed by atoms with E-state index in [1.807, 2.05) is 10.8 Å². The van der Waals surface area contributed by atoms with E-state index in [1.165, 1.54) is 0 Å². The Bertz CT molecular complexity index is 527. The zero-order valence-electron chi connectivity index (χ0n) is 12.1. The molecule has 21 heavy (non-hydrogen) atoms. The van der Waals surface area contributed by atoms with Gasteiger partial charge >= 0.3 is 5.97 Å². The SMILES string of the molecule is CCCn1cc(Br)cc1C(=O)NC1CCCCC1C(=O)O. The average Bonchev–Trinajstić information content (AvgIpc) is 2.80. The zero-order valence-corrected chi connectivity index (χ0v) is 13.7. The van der Waals surface area contributed by atoms with Crippen LogP contribution in [0.1, 0.15) is 49.5 Å². The number of aromatic nitrogens is 1. The fourth-order valence-electron chi connectivity index (χ4n) is 2.93. The minimum atomic E-state index is -0.815. The topological polar surface area (TPSA) is 71.3 Å². The van der Waals surface area contributed by atoms with E-state index >= 15 is 0 Å². The van der Waals surface area contributed by atoms with E-state index < -0.39 is 11.9 Å². The first-order valence-corrected chi connectivity index (χ1v) is 8.21. The quantitative estimate of drug-likeness (QED) is 0.851. The van der Waals surface area contributed by atoms with Gasteiger partial charge in [0.05, 0.1) is 5.92 Å². The van der Waals surface area contributed by atoms with Crippen LogP contribution < -0.4 is 5.32 Å². The molecule has 116 valence electrons. The Kier molecular flexibility index (Phi) is 5.45. The van der Waals surface area contributed by atoms with E-state index in [1.54, 1.807) is 6.07 Å². The lowest BCUT2D eigenvalue weighted by Crippen LogP contribution is -2.45. The number of carboxylic acid groups (broad SMARTS) is 1. The van der Waals surface area contributed by atoms with Gasteiger partial charge < -0.3 is 15.0 Å². The lowest BCUT2D eigenvalue weighted by atomic mass is 9.84. The summed E-state index contributed by atoms with van der Waals surface area (Å²) in [6, 6.07) is 1.51. The van der Waals surface area contributed by atoms with Crippen molar-refractivity contribution in [3.05, 3.63) is 22.4 Å². The van der Waals surface area contributed by atoms with Crippen LogP contribution in [0.25, 0.3) is 0 Å². The highest BCUT2D eigenvalue weighted by Crippen LogP contribution is 2.25. The van der Waals surface area contributed by atoms with Gasteiger partial charge in [-0.15, -0.1) is 0 Å². The van der Waals surface area contributed by atoms with Crippen LogP contribution in [0, 0.1) is 5.92 Å². The van der Waals surface area contributed by atoms with Crippen LogP contribution in [-0.4, -0.2) is 27.6 Å². The van der Waals surface area contributed by atoms with Crippen LogP contribution in [0.3, 0.4) is 0 Å². The van der Waals surface area contributed by atoms with Gasteiger partial charge in [0.25, 0.3) is 5.91 Å². The maximum absolute atomic E-state index is 12.4. The molecule has 0 aromatic carbocycles. The molecule has 6 heteroatoms. The highest BCUT2D eigenvalue weighted by atomic mass is 79.9. The third kappa shape index (κ3) is 3.87. The molecule has 0 saturated heterocycles. The van der Waals surface area contributed by atoms with Gasteiger partial charge in [0.1, 0.15) is 5.69 Å². The maximum atomic E-state index is 12.4. The number of rotatable bonds is 5. The third-order valence-electron chi connectivity index (χ3n) is 3.96. The monoisotopic (exact) mass is 356 g/mol. The molecule has 1 fully saturated rings. The minimum absolute atomic E-state index is 0.188. The molecule has 0 bridgehead atoms. The van der Waals surface area contributed by atoms with E-state index in [4.69, 9.17) is 0 Å². The molecule has 1 aromatic heterocycles. The molecule has 1 heterocycles. The molecule has 0 aliphatic heterocycles. The van der Waals surface area contributed by atoms with Gasteiger partial charge in [-0.25, -0.2) is 0 Å². The van der Waals surface area contributed by atoms with Crippen molar-refractivity contribution < 1.29 is 14.7 Å². The van der Waals surface area contributed by atoms with Crippen LogP contribution in [0.5, 0.6) is 0 Å². The number of nitrogens with one attached hydrogen (secondary N) is 1. The first kappa shape index (κ1) is 16.1. The number of aryl methyl sites for hydroxylation is 1. The molecule has 1 aromatic rings. The summed E-state index contributed by atoms with van der Waals surface area (Å²) in [6.07, 6.45) is 6.07. The smallest absolute Gasteiger partial charge is 0.308 e. The number of nitrogens with zero attached hydrogens (tertiary/aromatic N) is 1. The van der Waals surface area contributed by atoms with E-state index in [2.05, 4.69) is 28.2 Å². The standard InChI is InChI=1S/C15H21BrN2O3/c1-2-7-18-9-10(16)8-13(18)14(19)17-12-6-4-3-5-11(12)15(20)21/h8-9,11-12H,2-7H2,1H3,(H,17,19)(H,20,21). The first-order chi connectivity index (χ1) is 10.0. The fourth-order valence-corrected chi connectivity index (χ4v) is 3.40. The van der Waals surface area contributed by atoms with Gasteiger partial charge in [0, 0.05) is 23.3 Å². The number of aliphatic carboxylic acids is 1. The Labute approximate surface area is 132 Å². The largest absolute Gasteiger partial charge is 0.481 e. The number of halogens is 1. The number of carboxylic acids is 1. The van der Waals surface area contributed by atoms with E-state index in [0.717, 1.165) is 36.7 Å². The van der Waals surface area contributed by atoms with Crippen molar-refractivity contribution >= 4 is 27.8 Å². The number of carbonyl (C=O) groups is 2.